The SMILES string of the molecule is CN1CCCc2c1c(NCC1CC[N+](C)(O)CC1)nn1c(-c3cccc(OC(F)(F)F)c3)nnc21. The van der Waals surface area contributed by atoms with Crippen LogP contribution in [0.4, 0.5) is 24.7 Å². The van der Waals surface area contributed by atoms with E-state index in [9.17, 15) is 18.4 Å². The molecule has 3 aromatic rings. The number of halogens is 3. The number of alkyl halides is 3. The molecule has 12 heteroatoms. The lowest BCUT2D eigenvalue weighted by Crippen LogP contribution is -2.47. The average Bonchev–Trinajstić information content (AvgIpc) is 3.21. The Bertz CT molecular complexity index is 1220. The van der Waals surface area contributed by atoms with E-state index in [1.165, 1.54) is 18.2 Å². The third-order valence-electron chi connectivity index (χ3n) is 6.84. The van der Waals surface area contributed by atoms with Gasteiger partial charge in [-0.15, -0.1) is 28.5 Å². The van der Waals surface area contributed by atoms with Crippen LogP contribution in [-0.4, -0.2) is 76.3 Å². The Balaban J connectivity index is 1.50. The highest BCUT2D eigenvalue weighted by Gasteiger charge is 2.32. The summed E-state index contributed by atoms with van der Waals surface area (Å²) in [5.41, 5.74) is 3.02. The maximum absolute atomic E-state index is 12.7. The molecule has 4 heterocycles. The number of anilines is 2. The maximum atomic E-state index is 12.7. The Morgan fingerprint density at radius 3 is 2.74 bits per heavy atom. The van der Waals surface area contributed by atoms with Crippen molar-refractivity contribution in [1.29, 1.82) is 0 Å². The highest BCUT2D eigenvalue weighted by atomic mass is 19.4. The zero-order valence-electron chi connectivity index (χ0n) is 19.7. The van der Waals surface area contributed by atoms with Gasteiger partial charge in [0.15, 0.2) is 17.3 Å². The van der Waals surface area contributed by atoms with E-state index in [-0.39, 0.29) is 10.4 Å². The number of likely N-dealkylation sites (tertiary alicyclic amines) is 1. The molecule has 0 atom stereocenters. The predicted molar refractivity (Wildman–Crippen MR) is 123 cm³/mol. The fraction of sp³-hybridized carbons (Fsp3) is 0.522. The Morgan fingerprint density at radius 2 is 2.00 bits per heavy atom. The molecule has 5 rings (SSSR count). The van der Waals surface area contributed by atoms with Crippen molar-refractivity contribution >= 4 is 17.2 Å². The van der Waals surface area contributed by atoms with Gasteiger partial charge in [-0.05, 0) is 30.9 Å². The third kappa shape index (κ3) is 4.98. The quantitative estimate of drug-likeness (QED) is 0.525. The van der Waals surface area contributed by atoms with Crippen molar-refractivity contribution in [2.75, 3.05) is 50.5 Å². The van der Waals surface area contributed by atoms with Crippen LogP contribution >= 0.6 is 0 Å². The lowest BCUT2D eigenvalue weighted by Gasteiger charge is -2.34. The number of nitrogens with one attached hydrogen (secondary N) is 1. The Morgan fingerprint density at radius 1 is 1.23 bits per heavy atom. The molecular formula is C23H29F3N7O2+. The summed E-state index contributed by atoms with van der Waals surface area (Å²) in [6, 6.07) is 5.68. The van der Waals surface area contributed by atoms with Crippen LogP contribution in [0.3, 0.4) is 0 Å². The largest absolute Gasteiger partial charge is 0.573 e. The lowest BCUT2D eigenvalue weighted by molar-refractivity contribution is -1.09. The number of fused-ring (bicyclic) bond motifs is 3. The number of aryl methyl sites for hydroxylation is 1. The van der Waals surface area contributed by atoms with Crippen molar-refractivity contribution < 1.29 is 27.8 Å². The minimum Gasteiger partial charge on any atom is -0.406 e. The molecule has 1 saturated heterocycles. The molecule has 188 valence electrons. The summed E-state index contributed by atoms with van der Waals surface area (Å²) in [5, 5.41) is 27.2. The molecule has 1 fully saturated rings. The molecule has 2 aliphatic heterocycles. The second kappa shape index (κ2) is 8.83. The number of hydrogen-bond donors (Lipinski definition) is 2. The lowest BCUT2D eigenvalue weighted by atomic mass is 9.96. The Hall–Kier alpha value is -3.12. The zero-order valence-corrected chi connectivity index (χ0v) is 19.7. The van der Waals surface area contributed by atoms with Gasteiger partial charge in [0.1, 0.15) is 18.8 Å². The highest BCUT2D eigenvalue weighted by Crippen LogP contribution is 2.36. The van der Waals surface area contributed by atoms with Gasteiger partial charge in [-0.1, -0.05) is 12.1 Å². The van der Waals surface area contributed by atoms with Gasteiger partial charge in [0.05, 0.1) is 12.7 Å². The Labute approximate surface area is 200 Å². The number of nitrogens with zero attached hydrogens (tertiary/aromatic N) is 6. The number of aromatic nitrogens is 4. The number of piperidine rings is 1. The third-order valence-corrected chi connectivity index (χ3v) is 6.84. The van der Waals surface area contributed by atoms with Gasteiger partial charge in [-0.25, -0.2) is 5.21 Å². The van der Waals surface area contributed by atoms with E-state index in [1.807, 2.05) is 14.1 Å². The molecule has 2 N–H and O–H groups in total. The number of hydroxylamine groups is 3. The maximum Gasteiger partial charge on any atom is 0.573 e. The van der Waals surface area contributed by atoms with Crippen LogP contribution in [0.25, 0.3) is 17.0 Å². The first kappa shape index (κ1) is 23.6. The topological polar surface area (TPSA) is 87.8 Å². The van der Waals surface area contributed by atoms with Crippen LogP contribution in [0.1, 0.15) is 24.8 Å². The number of benzene rings is 1. The van der Waals surface area contributed by atoms with Gasteiger partial charge in [-0.3, -0.25) is 0 Å². The van der Waals surface area contributed by atoms with Crippen LogP contribution in [0.15, 0.2) is 24.3 Å². The molecule has 2 aromatic heterocycles. The molecule has 0 aliphatic carbocycles. The summed E-state index contributed by atoms with van der Waals surface area (Å²) in [4.78, 5) is 2.16. The van der Waals surface area contributed by atoms with Crippen molar-refractivity contribution in [2.45, 2.75) is 32.0 Å². The number of hydrogen-bond acceptors (Lipinski definition) is 7. The standard InChI is InChI=1S/C23H29F3N7O2/c1-31-10-4-7-18-19(31)20(27-14-15-8-11-33(2,34)12-9-15)30-32-21(28-29-22(18)32)16-5-3-6-17(13-16)35-23(24,25)26/h3,5-6,13,15,34H,4,7-12,14H2,1-2H3,(H,27,30)/q+1. The van der Waals surface area contributed by atoms with E-state index in [1.54, 1.807) is 10.6 Å². The molecule has 0 spiro atoms. The molecule has 1 aromatic carbocycles. The van der Waals surface area contributed by atoms with Crippen LogP contribution in [-0.2, 0) is 6.42 Å². The van der Waals surface area contributed by atoms with Gasteiger partial charge >= 0.3 is 6.36 Å². The smallest absolute Gasteiger partial charge is 0.406 e. The van der Waals surface area contributed by atoms with Gasteiger partial charge in [0.2, 0.25) is 0 Å². The van der Waals surface area contributed by atoms with Crippen molar-refractivity contribution in [1.82, 2.24) is 19.8 Å². The molecule has 0 radical (unpaired) electrons. The van der Waals surface area contributed by atoms with Crippen molar-refractivity contribution in [3.8, 4) is 17.1 Å². The van der Waals surface area contributed by atoms with E-state index in [0.29, 0.717) is 48.4 Å². The molecule has 2 aliphatic rings. The van der Waals surface area contributed by atoms with Crippen molar-refractivity contribution in [3.63, 3.8) is 0 Å². The molecule has 35 heavy (non-hydrogen) atoms. The van der Waals surface area contributed by atoms with Gasteiger partial charge < -0.3 is 15.0 Å². The molecule has 0 bridgehead atoms. The van der Waals surface area contributed by atoms with E-state index < -0.39 is 6.36 Å². The van der Waals surface area contributed by atoms with E-state index in [2.05, 4.69) is 25.2 Å². The van der Waals surface area contributed by atoms with Crippen molar-refractivity contribution in [2.24, 2.45) is 5.92 Å². The monoisotopic (exact) mass is 492 g/mol. The first-order valence-electron chi connectivity index (χ1n) is 11.8. The van der Waals surface area contributed by atoms with Gasteiger partial charge in [-0.2, -0.15) is 9.16 Å². The minimum atomic E-state index is -4.78. The fourth-order valence-electron chi connectivity index (χ4n) is 4.96. The molecule has 9 nitrogen and oxygen atoms in total. The zero-order chi connectivity index (χ0) is 24.8. The van der Waals surface area contributed by atoms with Crippen LogP contribution in [0, 0.1) is 5.92 Å². The number of quaternary nitrogens is 1. The first-order chi connectivity index (χ1) is 16.6. The van der Waals surface area contributed by atoms with E-state index in [0.717, 1.165) is 43.5 Å². The molecule has 0 saturated carbocycles. The van der Waals surface area contributed by atoms with Gasteiger partial charge in [0.25, 0.3) is 0 Å². The first-order valence-corrected chi connectivity index (χ1v) is 11.8. The average molecular weight is 493 g/mol. The molecular weight excluding hydrogens is 463 g/mol. The number of rotatable bonds is 5. The summed E-state index contributed by atoms with van der Waals surface area (Å²) in [5.74, 6) is 1.13. The number of ether oxygens (including phenoxy) is 1. The summed E-state index contributed by atoms with van der Waals surface area (Å²) in [6.45, 7) is 3.03. The second-order valence-electron chi connectivity index (χ2n) is 9.65. The summed E-state index contributed by atoms with van der Waals surface area (Å²) in [6.07, 6.45) is -1.21. The Kier molecular flexibility index (Phi) is 5.96. The van der Waals surface area contributed by atoms with E-state index >= 15 is 0 Å². The fourth-order valence-corrected chi connectivity index (χ4v) is 4.96. The van der Waals surface area contributed by atoms with Crippen molar-refractivity contribution in [3.05, 3.63) is 29.8 Å². The summed E-state index contributed by atoms with van der Waals surface area (Å²) in [7, 11) is 3.85. The normalized spacial score (nSPS) is 22.8. The summed E-state index contributed by atoms with van der Waals surface area (Å²) < 4.78 is 43.9. The molecule has 0 amide bonds. The second-order valence-corrected chi connectivity index (χ2v) is 9.65. The van der Waals surface area contributed by atoms with Crippen LogP contribution in [0.2, 0.25) is 0 Å². The summed E-state index contributed by atoms with van der Waals surface area (Å²) >= 11 is 0. The predicted octanol–water partition coefficient (Wildman–Crippen LogP) is 3.73. The highest BCUT2D eigenvalue weighted by molar-refractivity contribution is 5.78. The van der Waals surface area contributed by atoms with Gasteiger partial charge in [0, 0.05) is 44.1 Å². The minimum absolute atomic E-state index is 0.0556. The van der Waals surface area contributed by atoms with E-state index in [4.69, 9.17) is 5.10 Å². The van der Waals surface area contributed by atoms with Crippen LogP contribution < -0.4 is 15.0 Å². The van der Waals surface area contributed by atoms with Crippen LogP contribution in [0.5, 0.6) is 5.75 Å². The molecule has 0 unspecified atom stereocenters.